The highest BCUT2D eigenvalue weighted by molar-refractivity contribution is 5.31. The quantitative estimate of drug-likeness (QED) is 0.873. The molecule has 0 spiro atoms. The Morgan fingerprint density at radius 2 is 2.06 bits per heavy atom. The van der Waals surface area contributed by atoms with E-state index in [0.717, 1.165) is 17.7 Å². The highest BCUT2D eigenvalue weighted by Crippen LogP contribution is 2.22. The minimum Gasteiger partial charge on any atom is -0.494 e. The summed E-state index contributed by atoms with van der Waals surface area (Å²) in [5.41, 5.74) is 1.46. The Balaban J connectivity index is 2.12. The van der Waals surface area contributed by atoms with E-state index in [-0.39, 0.29) is 0 Å². The second-order valence-electron chi connectivity index (χ2n) is 4.10. The molecule has 2 rings (SSSR count). The first-order valence-electron chi connectivity index (χ1n) is 5.97. The fraction of sp³-hybridized carbons (Fsp3) is 0.385. The van der Waals surface area contributed by atoms with Gasteiger partial charge in [-0.3, -0.25) is 0 Å². The van der Waals surface area contributed by atoms with Gasteiger partial charge in [-0.1, -0.05) is 24.3 Å². The normalized spacial score (nSPS) is 12.4. The molecule has 1 aromatic carbocycles. The molecule has 5 heteroatoms. The highest BCUT2D eigenvalue weighted by Gasteiger charge is 2.14. The van der Waals surface area contributed by atoms with Crippen molar-refractivity contribution < 1.29 is 9.84 Å². The van der Waals surface area contributed by atoms with E-state index in [1.807, 2.05) is 24.3 Å². The van der Waals surface area contributed by atoms with Crippen LogP contribution in [0.4, 0.5) is 0 Å². The Morgan fingerprint density at radius 3 is 2.61 bits per heavy atom. The Kier molecular flexibility index (Phi) is 3.94. The second kappa shape index (κ2) is 5.64. The fourth-order valence-corrected chi connectivity index (χ4v) is 1.68. The summed E-state index contributed by atoms with van der Waals surface area (Å²) >= 11 is 0. The summed E-state index contributed by atoms with van der Waals surface area (Å²) in [5.74, 6) is 0.816. The average Bonchev–Trinajstić information content (AvgIpc) is 2.82. The van der Waals surface area contributed by atoms with Gasteiger partial charge in [-0.05, 0) is 24.1 Å². The molecule has 0 aliphatic carbocycles. The van der Waals surface area contributed by atoms with Gasteiger partial charge in [0.2, 0.25) is 0 Å². The van der Waals surface area contributed by atoms with Crippen molar-refractivity contribution in [3.05, 3.63) is 41.7 Å². The Morgan fingerprint density at radius 1 is 1.33 bits per heavy atom. The first kappa shape index (κ1) is 12.6. The number of hydrogen-bond donors (Lipinski definition) is 1. The number of rotatable bonds is 5. The SMILES string of the molecule is CCCOc1ccc(C(O)c2cnnn2C)cc1. The van der Waals surface area contributed by atoms with Crippen molar-refractivity contribution >= 4 is 0 Å². The van der Waals surface area contributed by atoms with Crippen LogP contribution in [0.5, 0.6) is 5.75 Å². The van der Waals surface area contributed by atoms with Gasteiger partial charge in [0.05, 0.1) is 18.5 Å². The molecule has 0 amide bonds. The number of hydrogen-bond acceptors (Lipinski definition) is 4. The van der Waals surface area contributed by atoms with Crippen LogP contribution in [0.25, 0.3) is 0 Å². The lowest BCUT2D eigenvalue weighted by Gasteiger charge is -2.11. The van der Waals surface area contributed by atoms with E-state index in [1.54, 1.807) is 17.9 Å². The summed E-state index contributed by atoms with van der Waals surface area (Å²) < 4.78 is 7.05. The van der Waals surface area contributed by atoms with E-state index in [0.29, 0.717) is 12.3 Å². The first-order chi connectivity index (χ1) is 8.72. The molecule has 0 radical (unpaired) electrons. The number of aliphatic hydroxyl groups is 1. The Hall–Kier alpha value is -1.88. The van der Waals surface area contributed by atoms with Gasteiger partial charge in [-0.2, -0.15) is 0 Å². The van der Waals surface area contributed by atoms with Gasteiger partial charge in [0.15, 0.2) is 0 Å². The maximum Gasteiger partial charge on any atom is 0.122 e. The van der Waals surface area contributed by atoms with Crippen molar-refractivity contribution in [3.8, 4) is 5.75 Å². The maximum atomic E-state index is 10.2. The molecule has 0 aliphatic heterocycles. The number of nitrogens with zero attached hydrogens (tertiary/aromatic N) is 3. The summed E-state index contributed by atoms with van der Waals surface area (Å²) in [6.45, 7) is 2.76. The summed E-state index contributed by atoms with van der Waals surface area (Å²) in [4.78, 5) is 0. The van der Waals surface area contributed by atoms with Crippen LogP contribution in [0.2, 0.25) is 0 Å². The number of ether oxygens (including phenoxy) is 1. The molecule has 96 valence electrons. The third-order valence-electron chi connectivity index (χ3n) is 2.70. The molecule has 1 aromatic heterocycles. The van der Waals surface area contributed by atoms with E-state index in [2.05, 4.69) is 17.2 Å². The topological polar surface area (TPSA) is 60.2 Å². The molecule has 0 fully saturated rings. The second-order valence-corrected chi connectivity index (χ2v) is 4.10. The molecule has 0 bridgehead atoms. The molecule has 1 N–H and O–H groups in total. The monoisotopic (exact) mass is 247 g/mol. The summed E-state index contributed by atoms with van der Waals surface area (Å²) in [7, 11) is 1.75. The first-order valence-corrected chi connectivity index (χ1v) is 5.97. The van der Waals surface area contributed by atoms with Crippen LogP contribution in [0, 0.1) is 0 Å². The van der Waals surface area contributed by atoms with Crippen LogP contribution in [-0.4, -0.2) is 26.7 Å². The van der Waals surface area contributed by atoms with E-state index in [4.69, 9.17) is 4.74 Å². The van der Waals surface area contributed by atoms with Crippen LogP contribution < -0.4 is 4.74 Å². The van der Waals surface area contributed by atoms with Crippen molar-refractivity contribution in [3.63, 3.8) is 0 Å². The van der Waals surface area contributed by atoms with Gasteiger partial charge < -0.3 is 9.84 Å². The van der Waals surface area contributed by atoms with E-state index >= 15 is 0 Å². The van der Waals surface area contributed by atoms with Crippen molar-refractivity contribution in [2.45, 2.75) is 19.4 Å². The molecule has 0 saturated carbocycles. The largest absolute Gasteiger partial charge is 0.494 e. The molecular weight excluding hydrogens is 230 g/mol. The molecule has 18 heavy (non-hydrogen) atoms. The number of aromatic nitrogens is 3. The van der Waals surface area contributed by atoms with Crippen LogP contribution in [0.3, 0.4) is 0 Å². The minimum atomic E-state index is -0.717. The summed E-state index contributed by atoms with van der Waals surface area (Å²) in [5, 5.41) is 17.7. The zero-order chi connectivity index (χ0) is 13.0. The zero-order valence-electron chi connectivity index (χ0n) is 10.6. The summed E-state index contributed by atoms with van der Waals surface area (Å²) in [6.07, 6.45) is 1.82. The van der Waals surface area contributed by atoms with E-state index < -0.39 is 6.10 Å². The van der Waals surface area contributed by atoms with Crippen LogP contribution in [-0.2, 0) is 7.05 Å². The Labute approximate surface area is 106 Å². The number of aliphatic hydroxyl groups excluding tert-OH is 1. The van der Waals surface area contributed by atoms with Crippen LogP contribution in [0.1, 0.15) is 30.7 Å². The predicted octanol–water partition coefficient (Wildman–Crippen LogP) is 1.69. The van der Waals surface area contributed by atoms with Gasteiger partial charge >= 0.3 is 0 Å². The minimum absolute atomic E-state index is 0.664. The molecule has 1 unspecified atom stereocenters. The molecule has 1 heterocycles. The maximum absolute atomic E-state index is 10.2. The van der Waals surface area contributed by atoms with Crippen molar-refractivity contribution in [1.29, 1.82) is 0 Å². The van der Waals surface area contributed by atoms with Gasteiger partial charge in [0.25, 0.3) is 0 Å². The molecular formula is C13H17N3O2. The fourth-order valence-electron chi connectivity index (χ4n) is 1.68. The summed E-state index contributed by atoms with van der Waals surface area (Å²) in [6, 6.07) is 7.42. The third-order valence-corrected chi connectivity index (χ3v) is 2.70. The highest BCUT2D eigenvalue weighted by atomic mass is 16.5. The molecule has 1 atom stereocenters. The zero-order valence-corrected chi connectivity index (χ0v) is 10.6. The number of aryl methyl sites for hydroxylation is 1. The molecule has 5 nitrogen and oxygen atoms in total. The van der Waals surface area contributed by atoms with Crippen molar-refractivity contribution in [2.24, 2.45) is 7.05 Å². The lowest BCUT2D eigenvalue weighted by molar-refractivity contribution is 0.209. The smallest absolute Gasteiger partial charge is 0.122 e. The van der Waals surface area contributed by atoms with Gasteiger partial charge in [0, 0.05) is 7.05 Å². The van der Waals surface area contributed by atoms with E-state index in [9.17, 15) is 5.11 Å². The standard InChI is InChI=1S/C13H17N3O2/c1-3-8-18-11-6-4-10(5-7-11)13(17)12-9-14-15-16(12)2/h4-7,9,13,17H,3,8H2,1-2H3. The molecule has 0 saturated heterocycles. The molecule has 0 aliphatic rings. The van der Waals surface area contributed by atoms with Gasteiger partial charge in [0.1, 0.15) is 11.9 Å². The lowest BCUT2D eigenvalue weighted by Crippen LogP contribution is -2.06. The van der Waals surface area contributed by atoms with Crippen LogP contribution >= 0.6 is 0 Å². The average molecular weight is 247 g/mol. The van der Waals surface area contributed by atoms with Gasteiger partial charge in [-0.15, -0.1) is 5.10 Å². The number of benzene rings is 1. The third kappa shape index (κ3) is 2.68. The van der Waals surface area contributed by atoms with Crippen molar-refractivity contribution in [2.75, 3.05) is 6.61 Å². The molecule has 2 aromatic rings. The van der Waals surface area contributed by atoms with E-state index in [1.165, 1.54) is 0 Å². The predicted molar refractivity (Wildman–Crippen MR) is 67.3 cm³/mol. The van der Waals surface area contributed by atoms with Gasteiger partial charge in [-0.25, -0.2) is 4.68 Å². The Bertz CT molecular complexity index is 493. The van der Waals surface area contributed by atoms with Crippen LogP contribution in [0.15, 0.2) is 30.5 Å². The lowest BCUT2D eigenvalue weighted by atomic mass is 10.1. The van der Waals surface area contributed by atoms with Crippen molar-refractivity contribution in [1.82, 2.24) is 15.0 Å².